The van der Waals surface area contributed by atoms with E-state index < -0.39 is 0 Å². The molecule has 0 amide bonds. The number of benzene rings is 1. The van der Waals surface area contributed by atoms with Crippen LogP contribution in [0.2, 0.25) is 0 Å². The lowest BCUT2D eigenvalue weighted by Crippen LogP contribution is -2.36. The second-order valence-corrected chi connectivity index (χ2v) is 6.42. The molecule has 0 saturated heterocycles. The highest BCUT2D eigenvalue weighted by Crippen LogP contribution is 2.26. The molecule has 17 heavy (non-hydrogen) atoms. The topological polar surface area (TPSA) is 17.1 Å². The fourth-order valence-electron chi connectivity index (χ4n) is 1.68. The normalized spacial score (nSPS) is 11.9. The molecule has 0 aliphatic carbocycles. The highest BCUT2D eigenvalue weighted by atomic mass is 32.1. The third kappa shape index (κ3) is 3.14. The number of rotatable bonds is 4. The number of nitrogens with zero attached hydrogens (tertiary/aromatic N) is 1. The zero-order valence-corrected chi connectivity index (χ0v) is 11.4. The van der Waals surface area contributed by atoms with Gasteiger partial charge in [-0.3, -0.25) is 4.79 Å². The summed E-state index contributed by atoms with van der Waals surface area (Å²) in [6, 6.07) is 10.2. The number of quaternary nitrogens is 1. The molecule has 3 heteroatoms. The summed E-state index contributed by atoms with van der Waals surface area (Å²) in [6.45, 7) is 0.882. The zero-order valence-electron chi connectivity index (χ0n) is 10.6. The van der Waals surface area contributed by atoms with Crippen molar-refractivity contribution in [2.24, 2.45) is 0 Å². The van der Waals surface area contributed by atoms with E-state index in [1.54, 1.807) is 11.3 Å². The average Bonchev–Trinajstić information content (AvgIpc) is 2.68. The summed E-state index contributed by atoms with van der Waals surface area (Å²) in [5, 5.41) is 1.17. The van der Waals surface area contributed by atoms with Crippen molar-refractivity contribution in [2.75, 3.05) is 27.7 Å². The molecule has 0 bridgehead atoms. The summed E-state index contributed by atoms with van der Waals surface area (Å²) in [5.41, 5.74) is 0. The standard InChI is InChI=1S/C14H18NOS/c1-15(2,3)9-8-12(16)14-10-11-6-4-5-7-13(11)17-14/h4-7,10H,8-9H2,1-3H3/q+1. The monoisotopic (exact) mass is 248 g/mol. The summed E-state index contributed by atoms with van der Waals surface area (Å²) in [7, 11) is 6.33. The molecule has 0 spiro atoms. The van der Waals surface area contributed by atoms with Crippen molar-refractivity contribution in [2.45, 2.75) is 6.42 Å². The molecule has 0 radical (unpaired) electrons. The summed E-state index contributed by atoms with van der Waals surface area (Å²) in [6.07, 6.45) is 0.621. The average molecular weight is 248 g/mol. The molecule has 2 nitrogen and oxygen atoms in total. The quantitative estimate of drug-likeness (QED) is 0.600. The molecule has 0 unspecified atom stereocenters. The van der Waals surface area contributed by atoms with E-state index in [1.807, 2.05) is 18.2 Å². The van der Waals surface area contributed by atoms with E-state index in [9.17, 15) is 4.79 Å². The van der Waals surface area contributed by atoms with Gasteiger partial charge in [0, 0.05) is 4.70 Å². The van der Waals surface area contributed by atoms with Crippen molar-refractivity contribution >= 4 is 27.2 Å². The molecule has 90 valence electrons. The minimum atomic E-state index is 0.263. The predicted octanol–water partition coefficient (Wildman–Crippen LogP) is 3.18. The number of carbonyl (C=O) groups is 1. The minimum absolute atomic E-state index is 0.263. The van der Waals surface area contributed by atoms with Gasteiger partial charge in [-0.05, 0) is 17.5 Å². The van der Waals surface area contributed by atoms with Crippen LogP contribution in [0, 0.1) is 0 Å². The van der Waals surface area contributed by atoms with Crippen molar-refractivity contribution in [3.05, 3.63) is 35.2 Å². The van der Waals surface area contributed by atoms with E-state index >= 15 is 0 Å². The Labute approximate surface area is 106 Å². The Morgan fingerprint density at radius 3 is 2.59 bits per heavy atom. The van der Waals surface area contributed by atoms with Gasteiger partial charge in [-0.15, -0.1) is 11.3 Å². The van der Waals surface area contributed by atoms with E-state index in [0.717, 1.165) is 15.9 Å². The molecule has 1 aromatic heterocycles. The first-order valence-corrected chi connectivity index (χ1v) is 6.59. The maximum Gasteiger partial charge on any atom is 0.178 e. The lowest BCUT2D eigenvalue weighted by atomic mass is 10.2. The van der Waals surface area contributed by atoms with Crippen molar-refractivity contribution in [1.29, 1.82) is 0 Å². The first kappa shape index (κ1) is 12.3. The Hall–Kier alpha value is -1.19. The van der Waals surface area contributed by atoms with Crippen LogP contribution in [0.3, 0.4) is 0 Å². The van der Waals surface area contributed by atoms with Gasteiger partial charge in [0.25, 0.3) is 0 Å². The van der Waals surface area contributed by atoms with Gasteiger partial charge in [-0.2, -0.15) is 0 Å². The number of carbonyl (C=O) groups excluding carboxylic acids is 1. The molecule has 0 aliphatic heterocycles. The molecule has 1 aromatic carbocycles. The molecular formula is C14H18NOS+. The molecule has 0 N–H and O–H groups in total. The van der Waals surface area contributed by atoms with Crippen molar-refractivity contribution in [1.82, 2.24) is 0 Å². The molecule has 0 saturated carbocycles. The second kappa shape index (κ2) is 4.59. The van der Waals surface area contributed by atoms with Crippen LogP contribution in [-0.2, 0) is 0 Å². The number of fused-ring (bicyclic) bond motifs is 1. The van der Waals surface area contributed by atoms with Crippen molar-refractivity contribution in [3.8, 4) is 0 Å². The van der Waals surface area contributed by atoms with Crippen LogP contribution in [0.25, 0.3) is 10.1 Å². The van der Waals surface area contributed by atoms with Crippen LogP contribution in [0.1, 0.15) is 16.1 Å². The fraction of sp³-hybridized carbons (Fsp3) is 0.357. The van der Waals surface area contributed by atoms with Gasteiger partial charge >= 0.3 is 0 Å². The van der Waals surface area contributed by atoms with Gasteiger partial charge in [0.2, 0.25) is 0 Å². The fourth-order valence-corrected chi connectivity index (χ4v) is 2.71. The van der Waals surface area contributed by atoms with E-state index in [4.69, 9.17) is 0 Å². The highest BCUT2D eigenvalue weighted by molar-refractivity contribution is 7.20. The molecule has 1 heterocycles. The summed E-state index contributed by atoms with van der Waals surface area (Å²) < 4.78 is 2.03. The molecule has 0 fully saturated rings. The Kier molecular flexibility index (Phi) is 3.31. The van der Waals surface area contributed by atoms with Crippen LogP contribution in [0.5, 0.6) is 0 Å². The Balaban J connectivity index is 2.14. The van der Waals surface area contributed by atoms with Crippen LogP contribution in [0.15, 0.2) is 30.3 Å². The van der Waals surface area contributed by atoms with Crippen molar-refractivity contribution in [3.63, 3.8) is 0 Å². The second-order valence-electron chi connectivity index (χ2n) is 5.34. The number of hydrogen-bond donors (Lipinski definition) is 0. The summed E-state index contributed by atoms with van der Waals surface area (Å²) in [4.78, 5) is 12.9. The lowest BCUT2D eigenvalue weighted by molar-refractivity contribution is -0.869. The zero-order chi connectivity index (χ0) is 12.5. The maximum absolute atomic E-state index is 12.1. The van der Waals surface area contributed by atoms with Crippen molar-refractivity contribution < 1.29 is 9.28 Å². The number of Topliss-reactive ketones (excluding diaryl/α,β-unsaturated/α-hetero) is 1. The first-order chi connectivity index (χ1) is 7.96. The van der Waals surface area contributed by atoms with Gasteiger partial charge < -0.3 is 4.48 Å². The molecule has 2 rings (SSSR count). The maximum atomic E-state index is 12.1. The predicted molar refractivity (Wildman–Crippen MR) is 73.7 cm³/mol. The molecular weight excluding hydrogens is 230 g/mol. The lowest BCUT2D eigenvalue weighted by Gasteiger charge is -2.23. The van der Waals surface area contributed by atoms with Crippen LogP contribution in [0.4, 0.5) is 0 Å². The van der Waals surface area contributed by atoms with Gasteiger partial charge in [0.1, 0.15) is 0 Å². The first-order valence-electron chi connectivity index (χ1n) is 5.78. The molecule has 0 atom stereocenters. The minimum Gasteiger partial charge on any atom is -0.331 e. The van der Waals surface area contributed by atoms with Crippen LogP contribution in [-0.4, -0.2) is 38.0 Å². The third-order valence-corrected chi connectivity index (χ3v) is 3.87. The van der Waals surface area contributed by atoms with E-state index in [-0.39, 0.29) is 5.78 Å². The smallest absolute Gasteiger partial charge is 0.178 e. The molecule has 0 aliphatic rings. The van der Waals surface area contributed by atoms with E-state index in [1.165, 1.54) is 10.1 Å². The van der Waals surface area contributed by atoms with Gasteiger partial charge in [-0.1, -0.05) is 18.2 Å². The number of ketones is 1. The Morgan fingerprint density at radius 1 is 1.24 bits per heavy atom. The highest BCUT2D eigenvalue weighted by Gasteiger charge is 2.14. The third-order valence-electron chi connectivity index (χ3n) is 2.71. The largest absolute Gasteiger partial charge is 0.331 e. The number of thiophene rings is 1. The SMILES string of the molecule is C[N+](C)(C)CCC(=O)c1cc2ccccc2s1. The van der Waals surface area contributed by atoms with E-state index in [2.05, 4.69) is 33.3 Å². The van der Waals surface area contributed by atoms with Crippen LogP contribution < -0.4 is 0 Å². The Morgan fingerprint density at radius 2 is 1.94 bits per heavy atom. The van der Waals surface area contributed by atoms with E-state index in [0.29, 0.717) is 6.42 Å². The van der Waals surface area contributed by atoms with Gasteiger partial charge in [-0.25, -0.2) is 0 Å². The van der Waals surface area contributed by atoms with Crippen LogP contribution >= 0.6 is 11.3 Å². The molecule has 2 aromatic rings. The Bertz CT molecular complexity index is 503. The van der Waals surface area contributed by atoms with Gasteiger partial charge in [0.15, 0.2) is 5.78 Å². The number of hydrogen-bond acceptors (Lipinski definition) is 2. The summed E-state index contributed by atoms with van der Waals surface area (Å²) >= 11 is 1.60. The van der Waals surface area contributed by atoms with Gasteiger partial charge in [0.05, 0.1) is 39.0 Å². The summed E-state index contributed by atoms with van der Waals surface area (Å²) in [5.74, 6) is 0.263.